The molecule has 3 N–H and O–H groups in total. The second kappa shape index (κ2) is 8.44. The van der Waals surface area contributed by atoms with E-state index in [1.165, 1.54) is 5.56 Å². The molecule has 0 aliphatic heterocycles. The second-order valence-corrected chi connectivity index (χ2v) is 7.10. The summed E-state index contributed by atoms with van der Waals surface area (Å²) in [5.74, 6) is 1.82. The predicted molar refractivity (Wildman–Crippen MR) is 95.4 cm³/mol. The lowest BCUT2D eigenvalue weighted by molar-refractivity contribution is -0.0198. The molecule has 1 aliphatic carbocycles. The van der Waals surface area contributed by atoms with Crippen LogP contribution in [0.1, 0.15) is 32.3 Å². The van der Waals surface area contributed by atoms with Crippen LogP contribution in [0.15, 0.2) is 35.3 Å². The van der Waals surface area contributed by atoms with Gasteiger partial charge in [0.25, 0.3) is 0 Å². The standard InChI is InChI=1S/C17H27N3OS/c1-3-18-16(19-12-14-8-6-5-7-9-14)20-13-17(21)11-10-15(17)22-4-2/h5-9,15,21H,3-4,10-13H2,1-2H3,(H2,18,19,20). The topological polar surface area (TPSA) is 56.7 Å². The summed E-state index contributed by atoms with van der Waals surface area (Å²) in [5.41, 5.74) is 0.588. The Morgan fingerprint density at radius 3 is 2.68 bits per heavy atom. The van der Waals surface area contributed by atoms with Crippen molar-refractivity contribution in [2.45, 2.75) is 44.1 Å². The summed E-state index contributed by atoms with van der Waals surface area (Å²) in [6.45, 7) is 6.20. The molecule has 0 saturated heterocycles. The third kappa shape index (κ3) is 4.65. The van der Waals surface area contributed by atoms with Gasteiger partial charge in [0.1, 0.15) is 0 Å². The summed E-state index contributed by atoms with van der Waals surface area (Å²) in [7, 11) is 0. The molecule has 5 heteroatoms. The number of aliphatic hydroxyl groups is 1. The average molecular weight is 321 g/mol. The molecule has 1 fully saturated rings. The van der Waals surface area contributed by atoms with Gasteiger partial charge in [-0.25, -0.2) is 4.99 Å². The molecule has 1 aliphatic rings. The van der Waals surface area contributed by atoms with Crippen LogP contribution >= 0.6 is 11.8 Å². The van der Waals surface area contributed by atoms with Gasteiger partial charge in [-0.15, -0.1) is 0 Å². The largest absolute Gasteiger partial charge is 0.387 e. The Kier molecular flexibility index (Phi) is 6.58. The van der Waals surface area contributed by atoms with Gasteiger partial charge < -0.3 is 15.7 Å². The fourth-order valence-electron chi connectivity index (χ4n) is 2.57. The fourth-order valence-corrected chi connectivity index (χ4v) is 3.77. The number of rotatable bonds is 7. The van der Waals surface area contributed by atoms with E-state index in [1.807, 2.05) is 36.9 Å². The molecule has 1 saturated carbocycles. The van der Waals surface area contributed by atoms with Crippen LogP contribution in [0, 0.1) is 0 Å². The van der Waals surface area contributed by atoms with Gasteiger partial charge in [-0.3, -0.25) is 0 Å². The highest BCUT2D eigenvalue weighted by atomic mass is 32.2. The van der Waals surface area contributed by atoms with Crippen molar-refractivity contribution in [3.8, 4) is 0 Å². The lowest BCUT2D eigenvalue weighted by Crippen LogP contribution is -2.58. The number of guanidine groups is 1. The van der Waals surface area contributed by atoms with Gasteiger partial charge in [0, 0.05) is 18.3 Å². The maximum Gasteiger partial charge on any atom is 0.191 e. The van der Waals surface area contributed by atoms with Crippen LogP contribution in [-0.4, -0.2) is 40.8 Å². The number of hydrogen-bond acceptors (Lipinski definition) is 3. The smallest absolute Gasteiger partial charge is 0.191 e. The van der Waals surface area contributed by atoms with Crippen LogP contribution in [0.4, 0.5) is 0 Å². The zero-order valence-electron chi connectivity index (χ0n) is 13.5. The van der Waals surface area contributed by atoms with E-state index < -0.39 is 5.60 Å². The van der Waals surface area contributed by atoms with Gasteiger partial charge >= 0.3 is 0 Å². The third-order valence-electron chi connectivity index (χ3n) is 3.98. The number of nitrogens with one attached hydrogen (secondary N) is 2. The van der Waals surface area contributed by atoms with Gasteiger partial charge in [-0.2, -0.15) is 11.8 Å². The minimum absolute atomic E-state index is 0.349. The summed E-state index contributed by atoms with van der Waals surface area (Å²) in [6.07, 6.45) is 1.98. The van der Waals surface area contributed by atoms with Crippen molar-refractivity contribution in [2.24, 2.45) is 4.99 Å². The van der Waals surface area contributed by atoms with Crippen molar-refractivity contribution < 1.29 is 5.11 Å². The van der Waals surface area contributed by atoms with Crippen molar-refractivity contribution in [2.75, 3.05) is 18.8 Å². The van der Waals surface area contributed by atoms with Crippen LogP contribution in [0.2, 0.25) is 0 Å². The molecule has 122 valence electrons. The number of benzene rings is 1. The molecule has 0 spiro atoms. The molecule has 2 atom stereocenters. The van der Waals surface area contributed by atoms with Crippen molar-refractivity contribution in [1.29, 1.82) is 0 Å². The highest BCUT2D eigenvalue weighted by Gasteiger charge is 2.45. The van der Waals surface area contributed by atoms with Gasteiger partial charge in [-0.1, -0.05) is 37.3 Å². The minimum atomic E-state index is -0.594. The van der Waals surface area contributed by atoms with Crippen LogP contribution in [-0.2, 0) is 6.54 Å². The molecule has 2 unspecified atom stereocenters. The van der Waals surface area contributed by atoms with Crippen LogP contribution in [0.25, 0.3) is 0 Å². The predicted octanol–water partition coefficient (Wildman–Crippen LogP) is 2.39. The van der Waals surface area contributed by atoms with Crippen LogP contribution in [0.5, 0.6) is 0 Å². The van der Waals surface area contributed by atoms with E-state index in [1.54, 1.807) is 0 Å². The normalized spacial score (nSPS) is 24.7. The molecular formula is C17H27N3OS. The van der Waals surface area contributed by atoms with Crippen molar-refractivity contribution >= 4 is 17.7 Å². The quantitative estimate of drug-likeness (QED) is 0.533. The number of aliphatic imine (C=N–C) groups is 1. The Hall–Kier alpha value is -1.20. The van der Waals surface area contributed by atoms with E-state index >= 15 is 0 Å². The Morgan fingerprint density at radius 1 is 1.32 bits per heavy atom. The summed E-state index contributed by atoms with van der Waals surface area (Å²) >= 11 is 1.85. The molecule has 1 aromatic carbocycles. The zero-order valence-corrected chi connectivity index (χ0v) is 14.3. The van der Waals surface area contributed by atoms with E-state index in [9.17, 15) is 5.11 Å². The lowest BCUT2D eigenvalue weighted by Gasteiger charge is -2.45. The maximum absolute atomic E-state index is 10.6. The van der Waals surface area contributed by atoms with E-state index in [2.05, 4.69) is 34.7 Å². The van der Waals surface area contributed by atoms with Crippen molar-refractivity contribution in [1.82, 2.24) is 10.6 Å². The minimum Gasteiger partial charge on any atom is -0.387 e. The molecule has 1 aromatic rings. The molecule has 4 nitrogen and oxygen atoms in total. The molecular weight excluding hydrogens is 294 g/mol. The zero-order chi connectivity index (χ0) is 15.8. The molecule has 0 heterocycles. The first-order chi connectivity index (χ1) is 10.7. The van der Waals surface area contributed by atoms with Crippen molar-refractivity contribution in [3.05, 3.63) is 35.9 Å². The summed E-state index contributed by atoms with van der Waals surface area (Å²) in [5, 5.41) is 17.5. The summed E-state index contributed by atoms with van der Waals surface area (Å²) in [6, 6.07) is 10.2. The van der Waals surface area contributed by atoms with Crippen LogP contribution in [0.3, 0.4) is 0 Å². The van der Waals surface area contributed by atoms with Crippen LogP contribution < -0.4 is 10.6 Å². The first-order valence-corrected chi connectivity index (χ1v) is 9.13. The average Bonchev–Trinajstić information content (AvgIpc) is 2.55. The van der Waals surface area contributed by atoms with E-state index in [0.29, 0.717) is 18.3 Å². The van der Waals surface area contributed by atoms with E-state index in [0.717, 1.165) is 31.1 Å². The van der Waals surface area contributed by atoms with E-state index in [-0.39, 0.29) is 0 Å². The Morgan fingerprint density at radius 2 is 2.09 bits per heavy atom. The molecule has 0 radical (unpaired) electrons. The van der Waals surface area contributed by atoms with E-state index in [4.69, 9.17) is 0 Å². The van der Waals surface area contributed by atoms with Gasteiger partial charge in [0.05, 0.1) is 12.1 Å². The molecule has 2 rings (SSSR count). The first kappa shape index (κ1) is 17.2. The summed E-state index contributed by atoms with van der Waals surface area (Å²) in [4.78, 5) is 4.59. The highest BCUT2D eigenvalue weighted by molar-refractivity contribution is 8.00. The SMILES string of the molecule is CCNC(=NCc1ccccc1)NCC1(O)CCC1SCC. The van der Waals surface area contributed by atoms with Gasteiger partial charge in [-0.05, 0) is 31.1 Å². The highest BCUT2D eigenvalue weighted by Crippen LogP contribution is 2.40. The number of nitrogens with zero attached hydrogens (tertiary/aromatic N) is 1. The number of hydrogen-bond donors (Lipinski definition) is 3. The first-order valence-electron chi connectivity index (χ1n) is 8.08. The van der Waals surface area contributed by atoms with Gasteiger partial charge in [0.2, 0.25) is 0 Å². The Labute approximate surface area is 137 Å². The molecule has 0 amide bonds. The fraction of sp³-hybridized carbons (Fsp3) is 0.588. The molecule has 0 bridgehead atoms. The number of thioether (sulfide) groups is 1. The van der Waals surface area contributed by atoms with Gasteiger partial charge in [0.15, 0.2) is 5.96 Å². The Balaban J connectivity index is 1.88. The van der Waals surface area contributed by atoms with Crippen molar-refractivity contribution in [3.63, 3.8) is 0 Å². The summed E-state index contributed by atoms with van der Waals surface area (Å²) < 4.78 is 0. The monoisotopic (exact) mass is 321 g/mol. The maximum atomic E-state index is 10.6. The Bertz CT molecular complexity index is 480. The molecule has 22 heavy (non-hydrogen) atoms. The second-order valence-electron chi connectivity index (χ2n) is 5.62. The third-order valence-corrected chi connectivity index (χ3v) is 5.39. The molecule has 0 aromatic heterocycles. The lowest BCUT2D eigenvalue weighted by atomic mass is 9.79.